The molecule has 0 bridgehead atoms. The van der Waals surface area contributed by atoms with E-state index in [4.69, 9.17) is 4.43 Å². The van der Waals surface area contributed by atoms with Gasteiger partial charge in [0.2, 0.25) is 0 Å². The first kappa shape index (κ1) is 15.8. The first-order chi connectivity index (χ1) is 6.49. The first-order valence-electron chi connectivity index (χ1n) is 4.99. The molecule has 0 fully saturated rings. The van der Waals surface area contributed by atoms with E-state index in [0.29, 0.717) is 0 Å². The molecular formula is C10H20Br2O2Si. The molecule has 1 atom stereocenters. The molecule has 2 nitrogen and oxygen atoms in total. The van der Waals surface area contributed by atoms with Gasteiger partial charge >= 0.3 is 0 Å². The molecule has 15 heavy (non-hydrogen) atoms. The van der Waals surface area contributed by atoms with E-state index >= 15 is 0 Å². The average molecular weight is 360 g/mol. The fraction of sp³-hybridized carbons (Fsp3) is 0.900. The summed E-state index contributed by atoms with van der Waals surface area (Å²) >= 11 is 6.40. The number of ketones is 1. The maximum atomic E-state index is 11.7. The highest BCUT2D eigenvalue weighted by Gasteiger charge is 2.39. The van der Waals surface area contributed by atoms with Crippen molar-refractivity contribution in [2.45, 2.75) is 55.7 Å². The van der Waals surface area contributed by atoms with Gasteiger partial charge in [0.25, 0.3) is 0 Å². The normalized spacial score (nSPS) is 15.5. The summed E-state index contributed by atoms with van der Waals surface area (Å²) in [6.07, 6.45) is -0.352. The van der Waals surface area contributed by atoms with Gasteiger partial charge in [-0.25, -0.2) is 0 Å². The summed E-state index contributed by atoms with van der Waals surface area (Å²) in [6.45, 7) is 12.6. The van der Waals surface area contributed by atoms with Crippen LogP contribution in [0.2, 0.25) is 18.1 Å². The number of carbonyl (C=O) groups excluding carboxylic acids is 1. The Morgan fingerprint density at radius 2 is 1.67 bits per heavy atom. The monoisotopic (exact) mass is 358 g/mol. The Labute approximate surface area is 111 Å². The van der Waals surface area contributed by atoms with Crippen LogP contribution in [-0.4, -0.2) is 23.9 Å². The number of halogens is 2. The highest BCUT2D eigenvalue weighted by Crippen LogP contribution is 2.37. The van der Waals surface area contributed by atoms with Gasteiger partial charge in [-0.1, -0.05) is 52.6 Å². The number of carbonyl (C=O) groups is 1. The Bertz CT molecular complexity index is 234. The summed E-state index contributed by atoms with van der Waals surface area (Å²) in [5, 5.41) is 0.135. The van der Waals surface area contributed by atoms with Gasteiger partial charge in [-0.05, 0) is 25.1 Å². The molecule has 0 aliphatic carbocycles. The molecule has 0 N–H and O–H groups in total. The van der Waals surface area contributed by atoms with Crippen molar-refractivity contribution in [2.75, 3.05) is 0 Å². The van der Waals surface area contributed by atoms with E-state index in [1.807, 2.05) is 6.92 Å². The van der Waals surface area contributed by atoms with Crippen LogP contribution in [-0.2, 0) is 9.22 Å². The van der Waals surface area contributed by atoms with Gasteiger partial charge in [0.1, 0.15) is 9.84 Å². The molecule has 0 aromatic carbocycles. The SMILES string of the molecule is C[C@H](O[Si](C)(C)C(C)(C)C)C(=O)C(Br)Br. The smallest absolute Gasteiger partial charge is 0.193 e. The summed E-state index contributed by atoms with van der Waals surface area (Å²) in [5.41, 5.74) is 0. The molecule has 5 heteroatoms. The highest BCUT2D eigenvalue weighted by atomic mass is 79.9. The minimum atomic E-state index is -1.84. The first-order valence-corrected chi connectivity index (χ1v) is 9.72. The molecule has 0 radical (unpaired) electrons. The van der Waals surface area contributed by atoms with Crippen LogP contribution in [0.25, 0.3) is 0 Å². The molecule has 0 aromatic heterocycles. The van der Waals surface area contributed by atoms with Gasteiger partial charge in [-0.2, -0.15) is 0 Å². The molecular weight excluding hydrogens is 340 g/mol. The van der Waals surface area contributed by atoms with Gasteiger partial charge in [0, 0.05) is 0 Å². The second kappa shape index (κ2) is 5.43. The molecule has 0 heterocycles. The summed E-state index contributed by atoms with van der Waals surface area (Å²) in [6, 6.07) is 0. The van der Waals surface area contributed by atoms with Crippen LogP contribution in [0.1, 0.15) is 27.7 Å². The van der Waals surface area contributed by atoms with Crippen molar-refractivity contribution in [1.82, 2.24) is 0 Å². The fourth-order valence-electron chi connectivity index (χ4n) is 0.854. The maximum absolute atomic E-state index is 11.7. The third kappa shape index (κ3) is 4.67. The zero-order chi connectivity index (χ0) is 12.4. The Morgan fingerprint density at radius 1 is 1.27 bits per heavy atom. The molecule has 90 valence electrons. The van der Waals surface area contributed by atoms with E-state index in [1.54, 1.807) is 0 Å². The minimum absolute atomic E-state index is 0.0415. The molecule has 0 rings (SSSR count). The van der Waals surface area contributed by atoms with E-state index in [2.05, 4.69) is 65.7 Å². The van der Waals surface area contributed by atoms with Crippen LogP contribution in [0.5, 0.6) is 0 Å². The third-order valence-corrected chi connectivity index (χ3v) is 8.35. The Hall–Kier alpha value is 0.807. The van der Waals surface area contributed by atoms with Crippen LogP contribution >= 0.6 is 31.9 Å². The zero-order valence-corrected chi connectivity index (χ0v) is 14.4. The van der Waals surface area contributed by atoms with Crippen molar-refractivity contribution >= 4 is 46.0 Å². The lowest BCUT2D eigenvalue weighted by Crippen LogP contribution is -2.45. The molecule has 0 aromatic rings. The van der Waals surface area contributed by atoms with Crippen LogP contribution in [0.4, 0.5) is 0 Å². The predicted molar refractivity (Wildman–Crippen MR) is 74.4 cm³/mol. The Balaban J connectivity index is 4.54. The van der Waals surface area contributed by atoms with Crippen LogP contribution < -0.4 is 0 Å². The van der Waals surface area contributed by atoms with Crippen LogP contribution in [0.15, 0.2) is 0 Å². The topological polar surface area (TPSA) is 26.3 Å². The Morgan fingerprint density at radius 3 is 1.93 bits per heavy atom. The Kier molecular flexibility index (Phi) is 5.72. The molecule has 0 aliphatic heterocycles. The van der Waals surface area contributed by atoms with E-state index in [1.165, 1.54) is 0 Å². The second-order valence-corrected chi connectivity index (χ2v) is 13.0. The molecule has 0 unspecified atom stereocenters. The van der Waals surface area contributed by atoms with Crippen molar-refractivity contribution in [3.63, 3.8) is 0 Å². The molecule has 0 spiro atoms. The second-order valence-electron chi connectivity index (χ2n) is 5.22. The maximum Gasteiger partial charge on any atom is 0.193 e. The zero-order valence-electron chi connectivity index (χ0n) is 10.2. The van der Waals surface area contributed by atoms with E-state index in [9.17, 15) is 4.79 Å². The minimum Gasteiger partial charge on any atom is -0.407 e. The van der Waals surface area contributed by atoms with Gasteiger partial charge in [-0.3, -0.25) is 4.79 Å². The van der Waals surface area contributed by atoms with Gasteiger partial charge in [-0.15, -0.1) is 0 Å². The van der Waals surface area contributed by atoms with Gasteiger partial charge in [0.05, 0.1) is 0 Å². The van der Waals surface area contributed by atoms with E-state index in [0.717, 1.165) is 0 Å². The summed E-state index contributed by atoms with van der Waals surface area (Å²) < 4.78 is 5.64. The molecule has 0 amide bonds. The number of Topliss-reactive ketones (excluding diaryl/α,β-unsaturated/α-hetero) is 1. The highest BCUT2D eigenvalue weighted by molar-refractivity contribution is 9.25. The van der Waals surface area contributed by atoms with E-state index < -0.39 is 8.32 Å². The van der Waals surface area contributed by atoms with Gasteiger partial charge < -0.3 is 4.43 Å². The van der Waals surface area contributed by atoms with Crippen molar-refractivity contribution < 1.29 is 9.22 Å². The predicted octanol–water partition coefficient (Wildman–Crippen LogP) is 4.08. The van der Waals surface area contributed by atoms with Crippen molar-refractivity contribution in [2.24, 2.45) is 0 Å². The molecule has 0 aliphatic rings. The summed E-state index contributed by atoms with van der Waals surface area (Å²) in [4.78, 5) is 11.7. The summed E-state index contributed by atoms with van der Waals surface area (Å²) in [5.74, 6) is 0.0415. The average Bonchev–Trinajstić information content (AvgIpc) is 1.99. The van der Waals surface area contributed by atoms with Crippen molar-refractivity contribution in [3.05, 3.63) is 0 Å². The number of hydrogen-bond acceptors (Lipinski definition) is 2. The van der Waals surface area contributed by atoms with Crippen molar-refractivity contribution in [1.29, 1.82) is 0 Å². The summed E-state index contributed by atoms with van der Waals surface area (Å²) in [7, 11) is -1.84. The van der Waals surface area contributed by atoms with Crippen LogP contribution in [0.3, 0.4) is 0 Å². The third-order valence-electron chi connectivity index (χ3n) is 2.89. The lowest BCUT2D eigenvalue weighted by atomic mass is 10.2. The molecule has 0 saturated heterocycles. The van der Waals surface area contributed by atoms with E-state index in [-0.39, 0.29) is 20.7 Å². The standard InChI is InChI=1S/C10H20Br2O2Si/c1-7(8(13)9(11)12)14-15(5,6)10(2,3)4/h7,9H,1-6H3/t7-/m0/s1. The fourth-order valence-corrected chi connectivity index (χ4v) is 2.95. The lowest BCUT2D eigenvalue weighted by molar-refractivity contribution is -0.123. The quantitative estimate of drug-likeness (QED) is 0.558. The largest absolute Gasteiger partial charge is 0.407 e. The van der Waals surface area contributed by atoms with Gasteiger partial charge in [0.15, 0.2) is 14.1 Å². The van der Waals surface area contributed by atoms with Crippen LogP contribution in [0, 0.1) is 0 Å². The number of alkyl halides is 2. The van der Waals surface area contributed by atoms with Crippen molar-refractivity contribution in [3.8, 4) is 0 Å². The number of rotatable bonds is 4. The lowest BCUT2D eigenvalue weighted by Gasteiger charge is -2.38. The molecule has 0 saturated carbocycles. The number of hydrogen-bond donors (Lipinski definition) is 0.